The average molecular weight is 646 g/mol. The Morgan fingerprint density at radius 1 is 0.489 bits per heavy atom. The summed E-state index contributed by atoms with van der Waals surface area (Å²) in [6.07, 6.45) is 14.2. The summed E-state index contributed by atoms with van der Waals surface area (Å²) in [7, 11) is 0. The first-order valence-corrected chi connectivity index (χ1v) is 16.0. The Labute approximate surface area is 267 Å². The van der Waals surface area contributed by atoms with Crippen LogP contribution in [0.5, 0.6) is 0 Å². The molecule has 6 aliphatic carbocycles. The average Bonchev–Trinajstić information content (AvgIpc) is 3.89. The molecule has 47 heavy (non-hydrogen) atoms. The summed E-state index contributed by atoms with van der Waals surface area (Å²) in [6, 6.07) is 0. The zero-order valence-electron chi connectivity index (χ0n) is 25.0. The summed E-state index contributed by atoms with van der Waals surface area (Å²) < 4.78 is 4.75. The monoisotopic (exact) mass is 645 g/mol. The Morgan fingerprint density at radius 3 is 0.957 bits per heavy atom. The number of fused-ring (bicyclic) bond motifs is 15. The molecule has 0 aromatic carbocycles. The molecule has 14 nitrogen and oxygen atoms in total. The van der Waals surface area contributed by atoms with E-state index in [4.69, 9.17) is 9.84 Å². The van der Waals surface area contributed by atoms with Crippen LogP contribution in [-0.4, -0.2) is 92.8 Å². The maximum Gasteiger partial charge on any atom is 0.333 e. The highest BCUT2D eigenvalue weighted by molar-refractivity contribution is 6.10. The lowest BCUT2D eigenvalue weighted by Gasteiger charge is -2.17. The largest absolute Gasteiger partial charge is 0.480 e. The van der Waals surface area contributed by atoms with Crippen molar-refractivity contribution in [1.29, 1.82) is 0 Å². The number of amides is 6. The van der Waals surface area contributed by atoms with Gasteiger partial charge >= 0.3 is 17.9 Å². The van der Waals surface area contributed by atoms with Crippen LogP contribution in [0.3, 0.4) is 0 Å². The minimum Gasteiger partial charge on any atom is -0.480 e. The lowest BCUT2D eigenvalue weighted by Crippen LogP contribution is -2.41. The zero-order chi connectivity index (χ0) is 33.0. The predicted octanol–water partition coefficient (Wildman–Crippen LogP) is -0.451. The molecule has 0 radical (unpaired) electrons. The van der Waals surface area contributed by atoms with Gasteiger partial charge in [-0.15, -0.1) is 0 Å². The topological polar surface area (TPSA) is 193 Å². The first-order chi connectivity index (χ1) is 22.4. The molecule has 0 spiro atoms. The molecule has 6 amide bonds. The van der Waals surface area contributed by atoms with Crippen molar-refractivity contribution < 1.29 is 53.0 Å². The number of hydrogen-bond acceptors (Lipinski definition) is 10. The lowest BCUT2D eigenvalue weighted by molar-refractivity contribution is -0.166. The van der Waals surface area contributed by atoms with Crippen molar-refractivity contribution in [3.05, 3.63) is 36.5 Å². The fourth-order valence-corrected chi connectivity index (χ4v) is 9.94. The van der Waals surface area contributed by atoms with Crippen LogP contribution < -0.4 is 0 Å². The van der Waals surface area contributed by atoms with Crippen molar-refractivity contribution in [3.63, 3.8) is 0 Å². The number of aliphatic carboxylic acids is 1. The van der Waals surface area contributed by atoms with Crippen LogP contribution in [-0.2, 0) is 47.9 Å². The van der Waals surface area contributed by atoms with Crippen molar-refractivity contribution in [2.24, 2.45) is 71.0 Å². The molecule has 9 aliphatic rings. The highest BCUT2D eigenvalue weighted by Crippen LogP contribution is 2.54. The number of likely N-dealkylation sites (tertiary alicyclic amines) is 3. The molecular formula is C33H31N3O11. The Kier molecular flexibility index (Phi) is 6.54. The van der Waals surface area contributed by atoms with Crippen LogP contribution in [0.4, 0.5) is 0 Å². The minimum atomic E-state index is -1.14. The first kappa shape index (κ1) is 29.6. The second-order valence-electron chi connectivity index (χ2n) is 14.0. The van der Waals surface area contributed by atoms with Crippen molar-refractivity contribution in [1.82, 2.24) is 14.7 Å². The summed E-state index contributed by atoms with van der Waals surface area (Å²) >= 11 is 0. The van der Waals surface area contributed by atoms with E-state index >= 15 is 0 Å². The number of nitrogens with zero attached hydrogens (tertiary/aromatic N) is 3. The molecular weight excluding hydrogens is 614 g/mol. The molecule has 9 rings (SSSR count). The number of carbonyl (C=O) groups is 9. The molecule has 0 aromatic heterocycles. The lowest BCUT2D eigenvalue weighted by atomic mass is 9.85. The smallest absolute Gasteiger partial charge is 0.333 e. The molecule has 3 saturated carbocycles. The molecule has 0 aromatic rings. The van der Waals surface area contributed by atoms with E-state index in [1.165, 1.54) is 0 Å². The highest BCUT2D eigenvalue weighted by Gasteiger charge is 2.62. The molecule has 12 atom stereocenters. The molecule has 1 N–H and O–H groups in total. The second kappa shape index (κ2) is 10.4. The number of carboxylic acid groups (broad SMARTS) is 1. The van der Waals surface area contributed by atoms with Crippen LogP contribution in [0.2, 0.25) is 0 Å². The normalized spacial score (nSPS) is 40.6. The molecule has 6 bridgehead atoms. The van der Waals surface area contributed by atoms with Crippen LogP contribution in [0.15, 0.2) is 36.5 Å². The van der Waals surface area contributed by atoms with E-state index < -0.39 is 84.8 Å². The number of hydrogen-bond donors (Lipinski definition) is 1. The summed E-state index contributed by atoms with van der Waals surface area (Å²) in [4.78, 5) is 112. The standard InChI is InChI=1S/C22H20N2O7.C11H11NO4/c25-13(7-23-19(27)15-9-1-2-10(5-9)16(15)20(23)28)31-14(26)8-24-21(29)17-11-3-4-12(6-11)18(17)22(24)30;13-7(14)4-12-10(15)8-5-1-2-6(3-5)9(8)11(12)16/h1-4,9-12,15-18H,5-8H2;1-2,5-6,8-9H,3-4H2,(H,13,14)/t9-,10+,11-,12+,15+,16-,17+,18-;5-,6+,8+,9-. The van der Waals surface area contributed by atoms with Crippen molar-refractivity contribution in [2.75, 3.05) is 19.6 Å². The second-order valence-corrected chi connectivity index (χ2v) is 14.0. The van der Waals surface area contributed by atoms with E-state index in [2.05, 4.69) is 0 Å². The summed E-state index contributed by atoms with van der Waals surface area (Å²) in [5.74, 6) is -7.41. The van der Waals surface area contributed by atoms with Gasteiger partial charge in [0.15, 0.2) is 0 Å². The maximum atomic E-state index is 12.6. The molecule has 0 unspecified atom stereocenters. The number of rotatable bonds is 6. The zero-order valence-corrected chi connectivity index (χ0v) is 25.0. The van der Waals surface area contributed by atoms with Crippen molar-refractivity contribution in [2.45, 2.75) is 19.3 Å². The van der Waals surface area contributed by atoms with Crippen LogP contribution >= 0.6 is 0 Å². The van der Waals surface area contributed by atoms with E-state index in [9.17, 15) is 43.2 Å². The quantitative estimate of drug-likeness (QED) is 0.170. The van der Waals surface area contributed by atoms with Gasteiger partial charge in [0.25, 0.3) is 0 Å². The Hall–Kier alpha value is -4.75. The first-order valence-electron chi connectivity index (χ1n) is 16.0. The Bertz CT molecular complexity index is 1510. The van der Waals surface area contributed by atoms with Gasteiger partial charge in [-0.3, -0.25) is 48.3 Å². The minimum absolute atomic E-state index is 0.0190. The van der Waals surface area contributed by atoms with Gasteiger partial charge in [-0.1, -0.05) is 36.5 Å². The van der Waals surface area contributed by atoms with Gasteiger partial charge in [0, 0.05) is 0 Å². The maximum absolute atomic E-state index is 12.6. The summed E-state index contributed by atoms with van der Waals surface area (Å²) in [5, 5.41) is 8.66. The molecule has 3 heterocycles. The van der Waals surface area contributed by atoms with E-state index in [-0.39, 0.29) is 59.2 Å². The Balaban J connectivity index is 0.000000170. The summed E-state index contributed by atoms with van der Waals surface area (Å²) in [6.45, 7) is -1.78. The number of esters is 2. The van der Waals surface area contributed by atoms with Gasteiger partial charge in [-0.25, -0.2) is 9.59 Å². The van der Waals surface area contributed by atoms with Crippen LogP contribution in [0.25, 0.3) is 0 Å². The predicted molar refractivity (Wildman–Crippen MR) is 152 cm³/mol. The van der Waals surface area contributed by atoms with Gasteiger partial charge in [0.2, 0.25) is 35.4 Å². The third kappa shape index (κ3) is 4.25. The number of allylic oxidation sites excluding steroid dienone is 6. The molecule has 3 saturated heterocycles. The number of carboxylic acids is 1. The van der Waals surface area contributed by atoms with Crippen molar-refractivity contribution in [3.8, 4) is 0 Å². The fourth-order valence-electron chi connectivity index (χ4n) is 9.94. The van der Waals surface area contributed by atoms with E-state index in [0.717, 1.165) is 34.0 Å². The molecule has 6 fully saturated rings. The highest BCUT2D eigenvalue weighted by atomic mass is 16.6. The van der Waals surface area contributed by atoms with Gasteiger partial charge < -0.3 is 9.84 Å². The SMILES string of the molecule is O=C(CN1C(=O)[C@@H]2[C@H](C1=O)[C@H]1C=C[C@@H]2C1)OC(=O)CN1C(=O)[C@@H]2[C@H](C1=O)[C@H]1C=C[C@@H]2C1.O=C(O)CN1C(=O)[C@@H]2[C@H](C1=O)[C@H]1C=C[C@@H]2C1. The van der Waals surface area contributed by atoms with E-state index in [1.54, 1.807) is 0 Å². The fraction of sp³-hybridized carbons (Fsp3) is 0.545. The number of imide groups is 3. The number of ether oxygens (including phenoxy) is 1. The van der Waals surface area contributed by atoms with Crippen LogP contribution in [0, 0.1) is 71.0 Å². The Morgan fingerprint density at radius 2 is 0.723 bits per heavy atom. The molecule has 3 aliphatic heterocycles. The van der Waals surface area contributed by atoms with Gasteiger partial charge in [0.1, 0.15) is 19.6 Å². The van der Waals surface area contributed by atoms with Crippen LogP contribution in [0.1, 0.15) is 19.3 Å². The molecule has 244 valence electrons. The molecule has 14 heteroatoms. The van der Waals surface area contributed by atoms with E-state index in [0.29, 0.717) is 0 Å². The number of carbonyl (C=O) groups excluding carboxylic acids is 8. The van der Waals surface area contributed by atoms with Crippen molar-refractivity contribution >= 4 is 53.4 Å². The summed E-state index contributed by atoms with van der Waals surface area (Å²) in [5.41, 5.74) is 0. The van der Waals surface area contributed by atoms with Gasteiger partial charge in [0.05, 0.1) is 35.5 Å². The third-order valence-corrected chi connectivity index (χ3v) is 11.8. The van der Waals surface area contributed by atoms with Gasteiger partial charge in [-0.2, -0.15) is 0 Å². The van der Waals surface area contributed by atoms with Gasteiger partial charge in [-0.05, 0) is 54.8 Å². The third-order valence-electron chi connectivity index (χ3n) is 11.8. The van der Waals surface area contributed by atoms with E-state index in [1.807, 2.05) is 36.5 Å².